The van der Waals surface area contributed by atoms with Gasteiger partial charge in [0, 0.05) is 19.0 Å². The maximum Gasteiger partial charge on any atom is 0.408 e. The molecule has 13 heteroatoms. The minimum atomic E-state index is -4.07. The molecule has 2 aliphatic heterocycles. The van der Waals surface area contributed by atoms with Crippen molar-refractivity contribution < 1.29 is 32.3 Å². The van der Waals surface area contributed by atoms with Gasteiger partial charge in [0.1, 0.15) is 23.2 Å². The summed E-state index contributed by atoms with van der Waals surface area (Å²) in [5.41, 5.74) is -2.15. The van der Waals surface area contributed by atoms with Crippen molar-refractivity contribution in [2.75, 3.05) is 13.1 Å². The number of hydrogen-bond donors (Lipinski definition) is 4. The van der Waals surface area contributed by atoms with Gasteiger partial charge in [-0.1, -0.05) is 31.9 Å². The molecule has 0 aromatic carbocycles. The van der Waals surface area contributed by atoms with E-state index >= 15 is 0 Å². The SMILES string of the molecule is CCNS(=O)(=O)NC(=O)[C@@]12C[C@H]1/C=C\CCCCC[C@H](NC(=O)OC(C)(C)C)C(=O)N1CCC[C@H]1C(=O)N2. The molecule has 3 rings (SSSR count). The summed E-state index contributed by atoms with van der Waals surface area (Å²) in [5, 5.41) is 5.47. The number of fused-ring (bicyclic) bond motifs is 2. The maximum absolute atomic E-state index is 13.6. The van der Waals surface area contributed by atoms with Crippen LogP contribution in [0, 0.1) is 5.92 Å². The highest BCUT2D eigenvalue weighted by atomic mass is 32.2. The van der Waals surface area contributed by atoms with E-state index in [1.807, 2.05) is 16.9 Å². The van der Waals surface area contributed by atoms with Crippen molar-refractivity contribution in [2.45, 2.75) is 102 Å². The quantitative estimate of drug-likeness (QED) is 0.371. The van der Waals surface area contributed by atoms with Crippen LogP contribution in [0.25, 0.3) is 0 Å². The van der Waals surface area contributed by atoms with E-state index in [4.69, 9.17) is 4.74 Å². The predicted octanol–water partition coefficient (Wildman–Crippen LogP) is 1.24. The first kappa shape index (κ1) is 29.9. The molecule has 0 aromatic heterocycles. The fourth-order valence-electron chi connectivity index (χ4n) is 4.98. The number of hydrogen-bond acceptors (Lipinski definition) is 7. The van der Waals surface area contributed by atoms with E-state index < -0.39 is 51.3 Å². The highest BCUT2D eigenvalue weighted by molar-refractivity contribution is 7.88. The van der Waals surface area contributed by atoms with Gasteiger partial charge in [-0.2, -0.15) is 13.1 Å². The second-order valence-electron chi connectivity index (χ2n) is 11.2. The molecule has 214 valence electrons. The third-order valence-electron chi connectivity index (χ3n) is 6.89. The van der Waals surface area contributed by atoms with Crippen LogP contribution in [-0.2, 0) is 29.3 Å². The summed E-state index contributed by atoms with van der Waals surface area (Å²) in [5.74, 6) is -2.07. The van der Waals surface area contributed by atoms with Crippen molar-refractivity contribution >= 4 is 34.0 Å². The largest absolute Gasteiger partial charge is 0.444 e. The lowest BCUT2D eigenvalue weighted by Gasteiger charge is -2.30. The molecular weight excluding hydrogens is 514 g/mol. The van der Waals surface area contributed by atoms with Gasteiger partial charge in [-0.05, 0) is 59.3 Å². The molecule has 0 aromatic rings. The molecule has 2 fully saturated rings. The zero-order valence-electron chi connectivity index (χ0n) is 22.7. The molecule has 12 nitrogen and oxygen atoms in total. The van der Waals surface area contributed by atoms with Crippen LogP contribution in [0.15, 0.2) is 12.2 Å². The van der Waals surface area contributed by atoms with Crippen molar-refractivity contribution in [3.63, 3.8) is 0 Å². The van der Waals surface area contributed by atoms with Crippen LogP contribution < -0.4 is 20.1 Å². The minimum Gasteiger partial charge on any atom is -0.444 e. The number of rotatable bonds is 5. The Hall–Kier alpha value is -2.67. The normalized spacial score (nSPS) is 29.6. The van der Waals surface area contributed by atoms with Crippen molar-refractivity contribution in [2.24, 2.45) is 5.92 Å². The summed E-state index contributed by atoms with van der Waals surface area (Å²) in [6.07, 6.45) is 7.81. The minimum absolute atomic E-state index is 0.100. The van der Waals surface area contributed by atoms with E-state index in [9.17, 15) is 27.6 Å². The number of nitrogens with zero attached hydrogens (tertiary/aromatic N) is 1. The molecule has 0 bridgehead atoms. The standard InChI is InChI=1S/C25H41N5O7S/c1-5-26-38(35,36)29-22(33)25-16-17(25)12-9-7-6-8-10-13-18(27-23(34)37-24(2,3)4)21(32)30-15-11-14-19(30)20(31)28-25/h9,12,17-19,26H,5-8,10-11,13-16H2,1-4H3,(H,27,34)(H,28,31)(H,29,33)/b12-9-/t17-,18+,19+,25-/m1/s1. The number of carbonyl (C=O) groups excluding carboxylic acids is 4. The topological polar surface area (TPSA) is 163 Å². The van der Waals surface area contributed by atoms with Gasteiger partial charge in [-0.15, -0.1) is 0 Å². The summed E-state index contributed by atoms with van der Waals surface area (Å²) in [6, 6.07) is -1.69. The van der Waals surface area contributed by atoms with E-state index in [0.29, 0.717) is 32.2 Å². The number of ether oxygens (including phenoxy) is 1. The molecule has 4 atom stereocenters. The van der Waals surface area contributed by atoms with Crippen LogP contribution in [-0.4, -0.2) is 73.4 Å². The number of amides is 4. The summed E-state index contributed by atoms with van der Waals surface area (Å²) < 4.78 is 34.0. The molecular formula is C25H41N5O7S. The van der Waals surface area contributed by atoms with E-state index in [1.54, 1.807) is 27.7 Å². The molecule has 4 amide bonds. The van der Waals surface area contributed by atoms with Crippen LogP contribution in [0.4, 0.5) is 4.79 Å². The number of carbonyl (C=O) groups is 4. The van der Waals surface area contributed by atoms with E-state index in [0.717, 1.165) is 19.3 Å². The highest BCUT2D eigenvalue weighted by Gasteiger charge is 2.61. The van der Waals surface area contributed by atoms with Crippen LogP contribution in [0.5, 0.6) is 0 Å². The van der Waals surface area contributed by atoms with Gasteiger partial charge in [0.2, 0.25) is 11.8 Å². The van der Waals surface area contributed by atoms with E-state index in [2.05, 4.69) is 15.4 Å². The Morgan fingerprint density at radius 1 is 1.16 bits per heavy atom. The molecule has 2 heterocycles. The Bertz CT molecular complexity index is 1050. The Morgan fingerprint density at radius 3 is 2.58 bits per heavy atom. The van der Waals surface area contributed by atoms with Crippen molar-refractivity contribution in [1.82, 2.24) is 25.0 Å². The third-order valence-corrected chi connectivity index (χ3v) is 8.01. The summed E-state index contributed by atoms with van der Waals surface area (Å²) in [7, 11) is -4.07. The van der Waals surface area contributed by atoms with Gasteiger partial charge in [-0.3, -0.25) is 14.4 Å². The number of nitrogens with one attached hydrogen (secondary N) is 4. The lowest BCUT2D eigenvalue weighted by Crippen LogP contribution is -2.59. The highest BCUT2D eigenvalue weighted by Crippen LogP contribution is 2.45. The molecule has 4 N–H and O–H groups in total. The molecule has 0 unspecified atom stereocenters. The molecule has 0 spiro atoms. The van der Waals surface area contributed by atoms with E-state index in [-0.39, 0.29) is 24.8 Å². The number of allylic oxidation sites excluding steroid dienone is 1. The Balaban J connectivity index is 1.83. The summed E-state index contributed by atoms with van der Waals surface area (Å²) >= 11 is 0. The molecule has 3 aliphatic rings. The molecule has 38 heavy (non-hydrogen) atoms. The van der Waals surface area contributed by atoms with Gasteiger partial charge in [0.25, 0.3) is 5.91 Å². The Labute approximate surface area is 224 Å². The maximum atomic E-state index is 13.6. The van der Waals surface area contributed by atoms with Crippen LogP contribution in [0.1, 0.15) is 79.1 Å². The first-order chi connectivity index (χ1) is 17.8. The summed E-state index contributed by atoms with van der Waals surface area (Å²) in [6.45, 7) is 7.23. The van der Waals surface area contributed by atoms with Crippen LogP contribution in [0.2, 0.25) is 0 Å². The van der Waals surface area contributed by atoms with Gasteiger partial charge >= 0.3 is 16.3 Å². The van der Waals surface area contributed by atoms with E-state index in [1.165, 1.54) is 4.90 Å². The van der Waals surface area contributed by atoms with Gasteiger partial charge in [0.05, 0.1) is 0 Å². The first-order valence-electron chi connectivity index (χ1n) is 13.4. The van der Waals surface area contributed by atoms with Crippen molar-refractivity contribution in [1.29, 1.82) is 0 Å². The van der Waals surface area contributed by atoms with Crippen molar-refractivity contribution in [3.05, 3.63) is 12.2 Å². The monoisotopic (exact) mass is 555 g/mol. The van der Waals surface area contributed by atoms with Crippen LogP contribution in [0.3, 0.4) is 0 Å². The Kier molecular flexibility index (Phi) is 9.45. The summed E-state index contributed by atoms with van der Waals surface area (Å²) in [4.78, 5) is 54.1. The van der Waals surface area contributed by atoms with Gasteiger partial charge in [-0.25, -0.2) is 9.52 Å². The van der Waals surface area contributed by atoms with Gasteiger partial charge in [0.15, 0.2) is 0 Å². The molecule has 1 saturated carbocycles. The molecule has 1 saturated heterocycles. The molecule has 0 radical (unpaired) electrons. The van der Waals surface area contributed by atoms with Crippen molar-refractivity contribution in [3.8, 4) is 0 Å². The van der Waals surface area contributed by atoms with Gasteiger partial charge < -0.3 is 20.3 Å². The lowest BCUT2D eigenvalue weighted by molar-refractivity contribution is -0.141. The van der Waals surface area contributed by atoms with Crippen LogP contribution >= 0.6 is 0 Å². The third kappa shape index (κ3) is 7.68. The fourth-order valence-corrected chi connectivity index (χ4v) is 5.86. The smallest absolute Gasteiger partial charge is 0.408 e. The second kappa shape index (κ2) is 12.0. The average Bonchev–Trinajstić information content (AvgIpc) is 3.26. The Morgan fingerprint density at radius 2 is 1.89 bits per heavy atom. The zero-order chi connectivity index (χ0) is 28.1. The second-order valence-corrected chi connectivity index (χ2v) is 12.7. The lowest BCUT2D eigenvalue weighted by atomic mass is 10.0. The molecule has 1 aliphatic carbocycles. The first-order valence-corrected chi connectivity index (χ1v) is 14.9. The number of alkyl carbamates (subject to hydrolysis) is 1. The zero-order valence-corrected chi connectivity index (χ0v) is 23.5. The fraction of sp³-hybridized carbons (Fsp3) is 0.760. The average molecular weight is 556 g/mol. The predicted molar refractivity (Wildman–Crippen MR) is 140 cm³/mol.